The van der Waals surface area contributed by atoms with Gasteiger partial charge in [0.15, 0.2) is 5.79 Å². The van der Waals surface area contributed by atoms with Crippen molar-refractivity contribution >= 4 is 12.4 Å². The van der Waals surface area contributed by atoms with E-state index in [4.69, 9.17) is 14.2 Å². The van der Waals surface area contributed by atoms with Gasteiger partial charge in [-0.25, -0.2) is 4.79 Å². The van der Waals surface area contributed by atoms with E-state index >= 15 is 0 Å². The first-order valence-electron chi connectivity index (χ1n) is 7.29. The van der Waals surface area contributed by atoms with E-state index in [9.17, 15) is 14.8 Å². The third-order valence-electron chi connectivity index (χ3n) is 3.52. The first-order valence-corrected chi connectivity index (χ1v) is 7.29. The number of hydroxylamine groups is 2. The Hall–Kier alpha value is -1.22. The van der Waals surface area contributed by atoms with Crippen LogP contribution in [-0.2, 0) is 19.0 Å². The highest BCUT2D eigenvalue weighted by Gasteiger charge is 2.57. The van der Waals surface area contributed by atoms with E-state index in [2.05, 4.69) is 5.32 Å². The van der Waals surface area contributed by atoms with Crippen LogP contribution in [0.4, 0.5) is 4.79 Å². The second kappa shape index (κ2) is 5.77. The summed E-state index contributed by atoms with van der Waals surface area (Å²) in [4.78, 5) is 22.9. The Morgan fingerprint density at radius 3 is 2.50 bits per heavy atom. The van der Waals surface area contributed by atoms with Crippen molar-refractivity contribution in [2.45, 2.75) is 70.3 Å². The molecule has 0 unspecified atom stereocenters. The molecule has 2 heterocycles. The number of hydrogen-bond acceptors (Lipinski definition) is 7. The maximum Gasteiger partial charge on any atom is 0.407 e. The lowest BCUT2D eigenvalue weighted by Gasteiger charge is -2.28. The number of nitrogens with one attached hydrogen (secondary N) is 1. The van der Waals surface area contributed by atoms with Gasteiger partial charge < -0.3 is 29.5 Å². The van der Waals surface area contributed by atoms with Crippen LogP contribution in [0.5, 0.6) is 0 Å². The lowest BCUT2D eigenvalue weighted by molar-refractivity contribution is -0.210. The van der Waals surface area contributed by atoms with Gasteiger partial charge in [-0.3, -0.25) is 0 Å². The molecule has 0 aromatic heterocycles. The summed E-state index contributed by atoms with van der Waals surface area (Å²) in [6.07, 6.45) is -1.05. The summed E-state index contributed by atoms with van der Waals surface area (Å²) in [6, 6.07) is -1.41. The van der Waals surface area contributed by atoms with E-state index in [1.165, 1.54) is 0 Å². The van der Waals surface area contributed by atoms with Crippen LogP contribution in [0.3, 0.4) is 0 Å². The number of aldehydes is 1. The number of fused-ring (bicyclic) bond motifs is 1. The van der Waals surface area contributed by atoms with Gasteiger partial charge in [0.2, 0.25) is 0 Å². The summed E-state index contributed by atoms with van der Waals surface area (Å²) in [5, 5.41) is 13.6. The summed E-state index contributed by atoms with van der Waals surface area (Å²) in [5.74, 6) is -0.831. The summed E-state index contributed by atoms with van der Waals surface area (Å²) in [6.45, 7) is 8.84. The quantitative estimate of drug-likeness (QED) is 0.739. The number of nitrogens with zero attached hydrogens (tertiary/aromatic N) is 1. The average molecular weight is 316 g/mol. The van der Waals surface area contributed by atoms with Crippen molar-refractivity contribution in [2.75, 3.05) is 6.54 Å². The van der Waals surface area contributed by atoms with Gasteiger partial charge in [-0.1, -0.05) is 0 Å². The molecule has 0 aromatic rings. The van der Waals surface area contributed by atoms with Crippen LogP contribution in [0.1, 0.15) is 34.6 Å². The van der Waals surface area contributed by atoms with Crippen molar-refractivity contribution in [2.24, 2.45) is 0 Å². The van der Waals surface area contributed by atoms with Gasteiger partial charge in [-0.05, 0) is 34.6 Å². The van der Waals surface area contributed by atoms with Crippen LogP contribution in [0.15, 0.2) is 0 Å². The maximum atomic E-state index is 11.7. The van der Waals surface area contributed by atoms with Crippen molar-refractivity contribution < 1.29 is 29.0 Å². The molecule has 2 rings (SSSR count). The van der Waals surface area contributed by atoms with Crippen LogP contribution in [0.25, 0.3) is 0 Å². The Morgan fingerprint density at radius 1 is 1.36 bits per heavy atom. The normalized spacial score (nSPS) is 34.3. The molecule has 2 aliphatic heterocycles. The Kier molecular flexibility index (Phi) is 4.49. The highest BCUT2D eigenvalue weighted by Crippen LogP contribution is 2.38. The van der Waals surface area contributed by atoms with Gasteiger partial charge in [0.1, 0.15) is 30.1 Å². The Morgan fingerprint density at radius 2 is 1.95 bits per heavy atom. The number of hydrogen-bond donors (Lipinski definition) is 2. The third-order valence-corrected chi connectivity index (χ3v) is 3.52. The highest BCUT2D eigenvalue weighted by molar-refractivity contribution is 5.67. The Labute approximate surface area is 129 Å². The van der Waals surface area contributed by atoms with Gasteiger partial charge >= 0.3 is 6.09 Å². The molecule has 0 spiro atoms. The molecule has 2 fully saturated rings. The lowest BCUT2D eigenvalue weighted by Crippen LogP contribution is -2.48. The zero-order valence-electron chi connectivity index (χ0n) is 13.5. The van der Waals surface area contributed by atoms with E-state index in [1.807, 2.05) is 0 Å². The number of carbonyl (C=O) groups excluding carboxylic acids is 2. The van der Waals surface area contributed by atoms with Crippen LogP contribution in [0, 0.1) is 0 Å². The van der Waals surface area contributed by atoms with E-state index in [0.29, 0.717) is 6.29 Å². The molecule has 4 atom stereocenters. The Bertz CT molecular complexity index is 447. The predicted octanol–water partition coefficient (Wildman–Crippen LogP) is 0.672. The fourth-order valence-electron chi connectivity index (χ4n) is 2.75. The fourth-order valence-corrected chi connectivity index (χ4v) is 2.75. The predicted molar refractivity (Wildman–Crippen MR) is 75.3 cm³/mol. The molecule has 8 nitrogen and oxygen atoms in total. The molecule has 2 aliphatic rings. The van der Waals surface area contributed by atoms with Crippen molar-refractivity contribution in [3.63, 3.8) is 0 Å². The molecule has 0 aliphatic carbocycles. The first-order chi connectivity index (χ1) is 10.0. The molecular formula is C14H24N2O6. The smallest absolute Gasteiger partial charge is 0.407 e. The molecule has 22 heavy (non-hydrogen) atoms. The average Bonchev–Trinajstić information content (AvgIpc) is 2.74. The number of amides is 1. The molecule has 2 N–H and O–H groups in total. The SMILES string of the molecule is CC(C)(C)OC(=O)NC[C@@H]1[C@H]2OC(C)(C)O[C@H]2[C@@H](C=O)N1O. The lowest BCUT2D eigenvalue weighted by atomic mass is 10.1. The first kappa shape index (κ1) is 17.1. The molecule has 8 heteroatoms. The molecule has 0 bridgehead atoms. The van der Waals surface area contributed by atoms with Gasteiger partial charge in [-0.2, -0.15) is 5.06 Å². The van der Waals surface area contributed by atoms with Crippen LogP contribution in [0.2, 0.25) is 0 Å². The van der Waals surface area contributed by atoms with E-state index in [1.54, 1.807) is 34.6 Å². The maximum absolute atomic E-state index is 11.7. The molecule has 1 amide bonds. The number of rotatable bonds is 3. The zero-order chi connectivity index (χ0) is 16.7. The summed E-state index contributed by atoms with van der Waals surface area (Å²) in [5.41, 5.74) is -0.610. The van der Waals surface area contributed by atoms with Gasteiger partial charge in [0, 0.05) is 6.54 Å². The second-order valence-electron chi connectivity index (χ2n) is 7.02. The van der Waals surface area contributed by atoms with Crippen molar-refractivity contribution in [1.29, 1.82) is 0 Å². The van der Waals surface area contributed by atoms with Crippen LogP contribution >= 0.6 is 0 Å². The second-order valence-corrected chi connectivity index (χ2v) is 7.02. The minimum atomic E-state index is -0.831. The largest absolute Gasteiger partial charge is 0.444 e. The van der Waals surface area contributed by atoms with Crippen molar-refractivity contribution in [3.05, 3.63) is 0 Å². The number of ether oxygens (including phenoxy) is 3. The van der Waals surface area contributed by atoms with Crippen molar-refractivity contribution in [3.8, 4) is 0 Å². The molecule has 0 aromatic carbocycles. The van der Waals surface area contributed by atoms with Crippen LogP contribution < -0.4 is 5.32 Å². The van der Waals surface area contributed by atoms with E-state index in [0.717, 1.165) is 5.06 Å². The molecule has 0 saturated carbocycles. The number of alkyl carbamates (subject to hydrolysis) is 1. The highest BCUT2D eigenvalue weighted by atomic mass is 16.8. The summed E-state index contributed by atoms with van der Waals surface area (Å²) < 4.78 is 16.6. The minimum Gasteiger partial charge on any atom is -0.444 e. The van der Waals surface area contributed by atoms with Gasteiger partial charge in [0.25, 0.3) is 0 Å². The van der Waals surface area contributed by atoms with Crippen LogP contribution in [-0.4, -0.2) is 64.9 Å². The van der Waals surface area contributed by atoms with Crippen molar-refractivity contribution in [1.82, 2.24) is 10.4 Å². The summed E-state index contributed by atoms with van der Waals surface area (Å²) in [7, 11) is 0. The van der Waals surface area contributed by atoms with E-state index < -0.39 is 41.8 Å². The van der Waals surface area contributed by atoms with Gasteiger partial charge in [-0.15, -0.1) is 0 Å². The van der Waals surface area contributed by atoms with Gasteiger partial charge in [0.05, 0.1) is 6.04 Å². The standard InChI is InChI=1S/C14H24N2O6/c1-13(2,3)22-12(18)15-6-8-10-11(9(7-17)16(8)19)21-14(4,5)20-10/h7-11,19H,6H2,1-5H3,(H,15,18)/t8-,9-,10-,11+/m1/s1. The molecule has 0 radical (unpaired) electrons. The molecule has 2 saturated heterocycles. The van der Waals surface area contributed by atoms with E-state index in [-0.39, 0.29) is 6.54 Å². The monoisotopic (exact) mass is 316 g/mol. The topological polar surface area (TPSA) is 97.3 Å². The molecule has 126 valence electrons. The minimum absolute atomic E-state index is 0.0797. The zero-order valence-corrected chi connectivity index (χ0v) is 13.5. The third kappa shape index (κ3) is 3.57. The molecular weight excluding hydrogens is 292 g/mol. The fraction of sp³-hybridized carbons (Fsp3) is 0.857. The number of carbonyl (C=O) groups is 2. The Balaban J connectivity index is 2.01. The summed E-state index contributed by atoms with van der Waals surface area (Å²) >= 11 is 0.